The molecular weight excluding hydrogens is 244 g/mol. The van der Waals surface area contributed by atoms with Crippen molar-refractivity contribution in [2.75, 3.05) is 0 Å². The molecule has 1 rings (SSSR count). The highest BCUT2D eigenvalue weighted by Gasteiger charge is 2.12. The molecule has 5 heteroatoms. The first-order chi connectivity index (χ1) is 7.52. The maximum atomic E-state index is 11.6. The molecule has 90 valence electrons. The Balaban J connectivity index is 2.45. The van der Waals surface area contributed by atoms with Gasteiger partial charge >= 0.3 is 6.03 Å². The van der Waals surface area contributed by atoms with Gasteiger partial charge < -0.3 is 10.6 Å². The normalized spacial score (nSPS) is 14.2. The fourth-order valence-electron chi connectivity index (χ4n) is 1.20. The molecule has 2 amide bonds. The van der Waals surface area contributed by atoms with Gasteiger partial charge in [-0.05, 0) is 32.4 Å². The summed E-state index contributed by atoms with van der Waals surface area (Å²) in [5, 5.41) is 5.74. The van der Waals surface area contributed by atoms with E-state index in [1.807, 2.05) is 32.9 Å². The van der Waals surface area contributed by atoms with Crippen LogP contribution in [0.2, 0.25) is 4.34 Å². The molecule has 0 saturated heterocycles. The molecule has 3 nitrogen and oxygen atoms in total. The molecule has 2 N–H and O–H groups in total. The van der Waals surface area contributed by atoms with Gasteiger partial charge in [0.1, 0.15) is 0 Å². The average molecular weight is 261 g/mol. The summed E-state index contributed by atoms with van der Waals surface area (Å²) < 4.78 is 0.742. The summed E-state index contributed by atoms with van der Waals surface area (Å²) in [7, 11) is 0. The SMILES string of the molecule is CC[C@H](C)NC(=O)N[C@@H](C)c1ccc(Cl)s1. The molecule has 0 aliphatic carbocycles. The molecule has 0 aromatic carbocycles. The van der Waals surface area contributed by atoms with Gasteiger partial charge in [-0.2, -0.15) is 0 Å². The first-order valence-corrected chi connectivity index (χ1v) is 6.54. The lowest BCUT2D eigenvalue weighted by Crippen LogP contribution is -2.41. The number of carbonyl (C=O) groups is 1. The van der Waals surface area contributed by atoms with Gasteiger partial charge in [0.05, 0.1) is 10.4 Å². The number of nitrogens with one attached hydrogen (secondary N) is 2. The fraction of sp³-hybridized carbons (Fsp3) is 0.545. The molecule has 16 heavy (non-hydrogen) atoms. The van der Waals surface area contributed by atoms with Gasteiger partial charge in [-0.1, -0.05) is 18.5 Å². The minimum Gasteiger partial charge on any atom is -0.336 e. The smallest absolute Gasteiger partial charge is 0.315 e. The molecule has 0 saturated carbocycles. The van der Waals surface area contributed by atoms with E-state index in [1.165, 1.54) is 11.3 Å². The zero-order valence-electron chi connectivity index (χ0n) is 9.71. The molecule has 0 spiro atoms. The van der Waals surface area contributed by atoms with Crippen LogP contribution >= 0.6 is 22.9 Å². The van der Waals surface area contributed by atoms with E-state index in [2.05, 4.69) is 10.6 Å². The van der Waals surface area contributed by atoms with Crippen molar-refractivity contribution in [3.8, 4) is 0 Å². The van der Waals surface area contributed by atoms with Crippen molar-refractivity contribution in [1.29, 1.82) is 0 Å². The molecule has 0 aliphatic rings. The van der Waals surface area contributed by atoms with Gasteiger partial charge in [0.25, 0.3) is 0 Å². The molecule has 0 bridgehead atoms. The summed E-state index contributed by atoms with van der Waals surface area (Å²) in [6.07, 6.45) is 0.923. The summed E-state index contributed by atoms with van der Waals surface area (Å²) in [6, 6.07) is 3.82. The van der Waals surface area contributed by atoms with Gasteiger partial charge in [-0.3, -0.25) is 0 Å². The van der Waals surface area contributed by atoms with Crippen LogP contribution in [0.5, 0.6) is 0 Å². The molecule has 0 fully saturated rings. The van der Waals surface area contributed by atoms with E-state index >= 15 is 0 Å². The van der Waals surface area contributed by atoms with E-state index in [0.717, 1.165) is 15.6 Å². The number of urea groups is 1. The van der Waals surface area contributed by atoms with E-state index in [1.54, 1.807) is 0 Å². The van der Waals surface area contributed by atoms with E-state index < -0.39 is 0 Å². The number of rotatable bonds is 4. The van der Waals surface area contributed by atoms with Crippen LogP contribution in [0.1, 0.15) is 38.1 Å². The highest BCUT2D eigenvalue weighted by molar-refractivity contribution is 7.16. The van der Waals surface area contributed by atoms with Crippen molar-refractivity contribution < 1.29 is 4.79 Å². The number of carbonyl (C=O) groups excluding carboxylic acids is 1. The maximum absolute atomic E-state index is 11.6. The molecule has 1 aromatic rings. The van der Waals surface area contributed by atoms with Crippen molar-refractivity contribution in [2.45, 2.75) is 39.3 Å². The molecule has 0 radical (unpaired) electrons. The molecule has 1 aromatic heterocycles. The van der Waals surface area contributed by atoms with Crippen molar-refractivity contribution in [1.82, 2.24) is 10.6 Å². The fourth-order valence-corrected chi connectivity index (χ4v) is 2.26. The van der Waals surface area contributed by atoms with Gasteiger partial charge in [-0.15, -0.1) is 11.3 Å². The molecule has 0 aliphatic heterocycles. The predicted octanol–water partition coefficient (Wildman–Crippen LogP) is 3.56. The van der Waals surface area contributed by atoms with Crippen molar-refractivity contribution in [3.63, 3.8) is 0 Å². The Morgan fingerprint density at radius 3 is 2.62 bits per heavy atom. The Labute approximate surface area is 105 Å². The second-order valence-electron chi connectivity index (χ2n) is 3.79. The van der Waals surface area contributed by atoms with E-state index in [9.17, 15) is 4.79 Å². The molecule has 0 unspecified atom stereocenters. The largest absolute Gasteiger partial charge is 0.336 e. The number of thiophene rings is 1. The monoisotopic (exact) mass is 260 g/mol. The third-order valence-electron chi connectivity index (χ3n) is 2.36. The van der Waals surface area contributed by atoms with Crippen LogP contribution < -0.4 is 10.6 Å². The summed E-state index contributed by atoms with van der Waals surface area (Å²) in [4.78, 5) is 12.6. The standard InChI is InChI=1S/C11H17ClN2OS/c1-4-7(2)13-11(15)14-8(3)9-5-6-10(12)16-9/h5-8H,4H2,1-3H3,(H2,13,14,15)/t7-,8-/m0/s1. The van der Waals surface area contributed by atoms with Crippen LogP contribution in [0.25, 0.3) is 0 Å². The highest BCUT2D eigenvalue weighted by atomic mass is 35.5. The number of hydrogen-bond donors (Lipinski definition) is 2. The number of hydrogen-bond acceptors (Lipinski definition) is 2. The third-order valence-corrected chi connectivity index (χ3v) is 3.77. The van der Waals surface area contributed by atoms with E-state index in [-0.39, 0.29) is 18.1 Å². The molecule has 2 atom stereocenters. The first kappa shape index (κ1) is 13.3. The minimum absolute atomic E-state index is 0.0124. The Morgan fingerprint density at radius 2 is 2.12 bits per heavy atom. The zero-order chi connectivity index (χ0) is 12.1. The second kappa shape index (κ2) is 6.11. The van der Waals surface area contributed by atoms with Crippen molar-refractivity contribution in [2.24, 2.45) is 0 Å². The summed E-state index contributed by atoms with van der Waals surface area (Å²) in [5.74, 6) is 0. The van der Waals surface area contributed by atoms with Gasteiger partial charge in [0.15, 0.2) is 0 Å². The van der Waals surface area contributed by atoms with Gasteiger partial charge in [0, 0.05) is 10.9 Å². The Kier molecular flexibility index (Phi) is 5.09. The van der Waals surface area contributed by atoms with Crippen LogP contribution in [0.4, 0.5) is 4.79 Å². The average Bonchev–Trinajstić information content (AvgIpc) is 2.64. The minimum atomic E-state index is -0.133. The molecule has 1 heterocycles. The lowest BCUT2D eigenvalue weighted by Gasteiger charge is -2.16. The second-order valence-corrected chi connectivity index (χ2v) is 5.54. The topological polar surface area (TPSA) is 41.1 Å². The third kappa shape index (κ3) is 4.02. The zero-order valence-corrected chi connectivity index (χ0v) is 11.3. The van der Waals surface area contributed by atoms with Crippen LogP contribution in [-0.4, -0.2) is 12.1 Å². The summed E-state index contributed by atoms with van der Waals surface area (Å²) in [6.45, 7) is 5.96. The molecular formula is C11H17ClN2OS. The first-order valence-electron chi connectivity index (χ1n) is 5.35. The van der Waals surface area contributed by atoms with Crippen LogP contribution in [0.3, 0.4) is 0 Å². The van der Waals surface area contributed by atoms with Crippen LogP contribution in [0, 0.1) is 0 Å². The summed E-state index contributed by atoms with van der Waals surface area (Å²) in [5.41, 5.74) is 0. The highest BCUT2D eigenvalue weighted by Crippen LogP contribution is 2.26. The van der Waals surface area contributed by atoms with Crippen LogP contribution in [0.15, 0.2) is 12.1 Å². The van der Waals surface area contributed by atoms with E-state index in [0.29, 0.717) is 0 Å². The van der Waals surface area contributed by atoms with Gasteiger partial charge in [-0.25, -0.2) is 4.79 Å². The Morgan fingerprint density at radius 1 is 1.44 bits per heavy atom. The van der Waals surface area contributed by atoms with E-state index in [4.69, 9.17) is 11.6 Å². The van der Waals surface area contributed by atoms with Crippen LogP contribution in [-0.2, 0) is 0 Å². The lowest BCUT2D eigenvalue weighted by atomic mass is 10.2. The van der Waals surface area contributed by atoms with Gasteiger partial charge in [0.2, 0.25) is 0 Å². The lowest BCUT2D eigenvalue weighted by molar-refractivity contribution is 0.234. The predicted molar refractivity (Wildman–Crippen MR) is 69.2 cm³/mol. The number of halogens is 1. The van der Waals surface area contributed by atoms with Crippen molar-refractivity contribution in [3.05, 3.63) is 21.3 Å². The quantitative estimate of drug-likeness (QED) is 0.854. The van der Waals surface area contributed by atoms with Crippen molar-refractivity contribution >= 4 is 29.0 Å². The Bertz CT molecular complexity index is 354. The number of amides is 2. The summed E-state index contributed by atoms with van der Waals surface area (Å²) >= 11 is 7.32. The maximum Gasteiger partial charge on any atom is 0.315 e. The Hall–Kier alpha value is -0.740.